The smallest absolute Gasteiger partial charge is 0.463 e. The Balaban J connectivity index is 2.83. The van der Waals surface area contributed by atoms with Crippen LogP contribution in [0.1, 0.15) is 12.5 Å². The average molecular weight is 217 g/mol. The molecular formula is C12H13N2O2+. The molecular weight excluding hydrogens is 204 g/mol. The molecule has 1 rings (SSSR count). The molecule has 0 fully saturated rings. The Bertz CT molecular complexity index is 430. The zero-order chi connectivity index (χ0) is 11.8. The van der Waals surface area contributed by atoms with Gasteiger partial charge in [-0.1, -0.05) is 30.3 Å². The fourth-order valence-electron chi connectivity index (χ4n) is 1.10. The third-order valence-electron chi connectivity index (χ3n) is 1.84. The van der Waals surface area contributed by atoms with Crippen molar-refractivity contribution in [1.82, 2.24) is 0 Å². The van der Waals surface area contributed by atoms with E-state index in [2.05, 4.69) is 4.98 Å². The predicted octanol–water partition coefficient (Wildman–Crippen LogP) is 3.32. The Morgan fingerprint density at radius 3 is 2.69 bits per heavy atom. The number of diazo groups is 1. The third kappa shape index (κ3) is 3.46. The highest BCUT2D eigenvalue weighted by Crippen LogP contribution is 2.10. The highest BCUT2D eigenvalue weighted by Gasteiger charge is 2.15. The largest absolute Gasteiger partial charge is 0.475 e. The van der Waals surface area contributed by atoms with Crippen LogP contribution < -0.4 is 0 Å². The molecule has 0 amide bonds. The van der Waals surface area contributed by atoms with Crippen LogP contribution in [0.15, 0.2) is 48.1 Å². The van der Waals surface area contributed by atoms with E-state index in [1.807, 2.05) is 30.3 Å². The molecule has 1 N–H and O–H groups in total. The normalized spacial score (nSPS) is 12.0. The molecule has 1 aromatic carbocycles. The van der Waals surface area contributed by atoms with E-state index >= 15 is 0 Å². The number of aliphatic hydroxyl groups is 1. The number of hydrogen-bond acceptors (Lipinski definition) is 3. The number of ether oxygens (including phenoxy) is 1. The Labute approximate surface area is 94.1 Å². The van der Waals surface area contributed by atoms with Gasteiger partial charge in [-0.05, 0) is 18.6 Å². The van der Waals surface area contributed by atoms with E-state index in [1.54, 1.807) is 13.0 Å². The molecule has 4 heteroatoms. The summed E-state index contributed by atoms with van der Waals surface area (Å²) in [5, 5.41) is 18.0. The second-order valence-electron chi connectivity index (χ2n) is 2.97. The SMILES string of the molecule is CCO/C(O)=C(\C=C\c1ccccc1)[N+]#N. The van der Waals surface area contributed by atoms with Crippen molar-refractivity contribution in [2.24, 2.45) is 0 Å². The Morgan fingerprint density at radius 1 is 1.44 bits per heavy atom. The summed E-state index contributed by atoms with van der Waals surface area (Å²) in [5.74, 6) is -0.391. The van der Waals surface area contributed by atoms with Gasteiger partial charge in [0.1, 0.15) is 0 Å². The van der Waals surface area contributed by atoms with E-state index < -0.39 is 5.95 Å². The van der Waals surface area contributed by atoms with E-state index in [9.17, 15) is 5.11 Å². The fraction of sp³-hybridized carbons (Fsp3) is 0.167. The van der Waals surface area contributed by atoms with Crippen molar-refractivity contribution in [3.63, 3.8) is 0 Å². The van der Waals surface area contributed by atoms with Crippen LogP contribution in [0.25, 0.3) is 11.1 Å². The molecule has 0 unspecified atom stereocenters. The first-order valence-electron chi connectivity index (χ1n) is 4.92. The summed E-state index contributed by atoms with van der Waals surface area (Å²) in [4.78, 5) is 2.94. The van der Waals surface area contributed by atoms with Crippen LogP contribution in [0.3, 0.4) is 0 Å². The molecule has 0 radical (unpaired) electrons. The minimum atomic E-state index is -0.391. The molecule has 0 aromatic heterocycles. The average Bonchev–Trinajstić information content (AvgIpc) is 2.31. The van der Waals surface area contributed by atoms with Crippen LogP contribution in [0.5, 0.6) is 0 Å². The van der Waals surface area contributed by atoms with Crippen molar-refractivity contribution < 1.29 is 9.84 Å². The van der Waals surface area contributed by atoms with Gasteiger partial charge in [-0.15, -0.1) is 0 Å². The lowest BCUT2D eigenvalue weighted by Crippen LogP contribution is -1.92. The topological polar surface area (TPSA) is 57.6 Å². The van der Waals surface area contributed by atoms with E-state index in [-0.39, 0.29) is 5.70 Å². The molecule has 0 aliphatic rings. The summed E-state index contributed by atoms with van der Waals surface area (Å²) in [6.07, 6.45) is 3.19. The minimum absolute atomic E-state index is 0.00861. The molecule has 0 spiro atoms. The molecule has 4 nitrogen and oxygen atoms in total. The van der Waals surface area contributed by atoms with Crippen LogP contribution in [0.4, 0.5) is 0 Å². The standard InChI is InChI=1S/C12H12N2O2/c1-2-16-12(15)11(14-13)9-8-10-6-4-3-5-7-10/h3-9H,2H2,1H3/p+1/b9-8+,12-11+. The second kappa shape index (κ2) is 6.25. The number of nitrogens with zero attached hydrogens (tertiary/aromatic N) is 2. The summed E-state index contributed by atoms with van der Waals surface area (Å²) >= 11 is 0. The van der Waals surface area contributed by atoms with Gasteiger partial charge >= 0.3 is 11.6 Å². The predicted molar refractivity (Wildman–Crippen MR) is 61.8 cm³/mol. The Hall–Kier alpha value is -2.28. The molecule has 0 heterocycles. The van der Waals surface area contributed by atoms with Crippen molar-refractivity contribution in [1.29, 1.82) is 5.39 Å². The van der Waals surface area contributed by atoms with Crippen molar-refractivity contribution in [2.75, 3.05) is 6.61 Å². The summed E-state index contributed by atoms with van der Waals surface area (Å²) in [6, 6.07) is 9.47. The molecule has 0 saturated carbocycles. The fourth-order valence-corrected chi connectivity index (χ4v) is 1.10. The number of rotatable bonds is 4. The van der Waals surface area contributed by atoms with E-state index in [1.165, 1.54) is 6.08 Å². The van der Waals surface area contributed by atoms with Crippen molar-refractivity contribution in [2.45, 2.75) is 6.92 Å². The Morgan fingerprint density at radius 2 is 2.12 bits per heavy atom. The van der Waals surface area contributed by atoms with E-state index in [0.29, 0.717) is 6.61 Å². The van der Waals surface area contributed by atoms with Gasteiger partial charge < -0.3 is 9.84 Å². The summed E-state index contributed by atoms with van der Waals surface area (Å²) in [6.45, 7) is 2.04. The van der Waals surface area contributed by atoms with E-state index in [4.69, 9.17) is 10.1 Å². The quantitative estimate of drug-likeness (QED) is 0.478. The molecule has 1 aromatic rings. The van der Waals surface area contributed by atoms with Crippen LogP contribution in [0, 0.1) is 5.39 Å². The monoisotopic (exact) mass is 217 g/mol. The molecule has 82 valence electrons. The van der Waals surface area contributed by atoms with Crippen LogP contribution in [0.2, 0.25) is 0 Å². The lowest BCUT2D eigenvalue weighted by atomic mass is 10.2. The maximum atomic E-state index is 9.34. The van der Waals surface area contributed by atoms with Gasteiger partial charge in [0.05, 0.1) is 6.61 Å². The highest BCUT2D eigenvalue weighted by atomic mass is 16.6. The summed E-state index contributed by atoms with van der Waals surface area (Å²) in [7, 11) is 0. The number of aliphatic hydroxyl groups excluding tert-OH is 1. The highest BCUT2D eigenvalue weighted by molar-refractivity contribution is 5.53. The first-order valence-corrected chi connectivity index (χ1v) is 4.92. The van der Waals surface area contributed by atoms with Gasteiger partial charge in [0.15, 0.2) is 4.98 Å². The first kappa shape index (κ1) is 11.8. The number of allylic oxidation sites excluding steroid dienone is 1. The molecule has 16 heavy (non-hydrogen) atoms. The second-order valence-corrected chi connectivity index (χ2v) is 2.97. The van der Waals surface area contributed by atoms with Crippen molar-refractivity contribution in [3.05, 3.63) is 58.6 Å². The minimum Gasteiger partial charge on any atom is -0.475 e. The summed E-state index contributed by atoms with van der Waals surface area (Å²) in [5.41, 5.74) is 0.929. The Kier molecular flexibility index (Phi) is 4.61. The number of hydrogen-bond donors (Lipinski definition) is 1. The molecule has 0 bridgehead atoms. The van der Waals surface area contributed by atoms with E-state index in [0.717, 1.165) is 5.56 Å². The van der Waals surface area contributed by atoms with Crippen molar-refractivity contribution in [3.8, 4) is 0 Å². The lowest BCUT2D eigenvalue weighted by molar-refractivity contribution is 0.1000. The molecule has 0 atom stereocenters. The molecule has 0 aliphatic carbocycles. The zero-order valence-corrected chi connectivity index (χ0v) is 9.00. The lowest BCUT2D eigenvalue weighted by Gasteiger charge is -1.94. The summed E-state index contributed by atoms with van der Waals surface area (Å²) < 4.78 is 4.81. The maximum absolute atomic E-state index is 9.34. The van der Waals surface area contributed by atoms with Crippen LogP contribution >= 0.6 is 0 Å². The number of benzene rings is 1. The first-order chi connectivity index (χ1) is 7.77. The maximum Gasteiger partial charge on any atom is 0.463 e. The zero-order valence-electron chi connectivity index (χ0n) is 9.00. The van der Waals surface area contributed by atoms with Crippen LogP contribution in [-0.4, -0.2) is 11.7 Å². The van der Waals surface area contributed by atoms with Gasteiger partial charge in [0, 0.05) is 6.08 Å². The molecule has 0 saturated heterocycles. The van der Waals surface area contributed by atoms with Gasteiger partial charge in [0.25, 0.3) is 0 Å². The van der Waals surface area contributed by atoms with Gasteiger partial charge in [0.2, 0.25) is 5.39 Å². The molecule has 0 aliphatic heterocycles. The van der Waals surface area contributed by atoms with Gasteiger partial charge in [-0.2, -0.15) is 0 Å². The van der Waals surface area contributed by atoms with Crippen LogP contribution in [-0.2, 0) is 4.74 Å². The van der Waals surface area contributed by atoms with Crippen molar-refractivity contribution >= 4 is 6.08 Å². The van der Waals surface area contributed by atoms with Gasteiger partial charge in [-0.3, -0.25) is 0 Å². The third-order valence-corrected chi connectivity index (χ3v) is 1.84. The van der Waals surface area contributed by atoms with Gasteiger partial charge in [-0.25, -0.2) is 0 Å².